The number of nitrogens with zero attached hydrogens (tertiary/aromatic N) is 1. The second-order valence-electron chi connectivity index (χ2n) is 4.78. The monoisotopic (exact) mass is 277 g/mol. The summed E-state index contributed by atoms with van der Waals surface area (Å²) < 4.78 is 0. The molecule has 1 aromatic carbocycles. The van der Waals surface area contributed by atoms with Gasteiger partial charge in [-0.25, -0.2) is 0 Å². The average molecular weight is 277 g/mol. The molecule has 0 aliphatic carbocycles. The van der Waals surface area contributed by atoms with E-state index in [2.05, 4.69) is 25.6 Å². The minimum Gasteiger partial charge on any atom is -0.338 e. The van der Waals surface area contributed by atoms with Crippen LogP contribution in [0.1, 0.15) is 25.0 Å². The Morgan fingerprint density at radius 2 is 2.05 bits per heavy atom. The molecule has 0 fully saturated rings. The van der Waals surface area contributed by atoms with Gasteiger partial charge in [0.05, 0.1) is 5.75 Å². The van der Waals surface area contributed by atoms with Gasteiger partial charge in [-0.3, -0.25) is 4.79 Å². The summed E-state index contributed by atoms with van der Waals surface area (Å²) >= 11 is 1.68. The molecule has 2 nitrogen and oxygen atoms in total. The average Bonchev–Trinajstić information content (AvgIpc) is 2.37. The van der Waals surface area contributed by atoms with Gasteiger partial charge in [-0.15, -0.1) is 11.8 Å². The molecule has 0 radical (unpaired) electrons. The van der Waals surface area contributed by atoms with Gasteiger partial charge >= 0.3 is 0 Å². The van der Waals surface area contributed by atoms with Gasteiger partial charge in [-0.05, 0) is 31.9 Å². The summed E-state index contributed by atoms with van der Waals surface area (Å²) in [7, 11) is 0. The first-order valence-corrected chi connectivity index (χ1v) is 7.74. The molecule has 0 aromatic heterocycles. The number of carbonyl (C=O) groups is 1. The van der Waals surface area contributed by atoms with Gasteiger partial charge in [0.2, 0.25) is 5.91 Å². The van der Waals surface area contributed by atoms with Crippen molar-refractivity contribution in [1.29, 1.82) is 0 Å². The number of aryl methyl sites for hydroxylation is 1. The second-order valence-corrected chi connectivity index (χ2v) is 5.77. The standard InChI is InChI=1S/C16H23NOS/c1-5-17(10-13(2)3)16(18)12-19-11-15-9-7-6-8-14(15)4/h6-9H,2,5,10-12H2,1,3-4H3. The molecule has 0 aliphatic rings. The van der Waals surface area contributed by atoms with E-state index in [1.165, 1.54) is 11.1 Å². The van der Waals surface area contributed by atoms with Crippen LogP contribution in [0.25, 0.3) is 0 Å². The summed E-state index contributed by atoms with van der Waals surface area (Å²) in [6.45, 7) is 11.3. The predicted octanol–water partition coefficient (Wildman–Crippen LogP) is 3.65. The first-order valence-electron chi connectivity index (χ1n) is 6.59. The van der Waals surface area contributed by atoms with Crippen molar-refractivity contribution in [1.82, 2.24) is 4.90 Å². The molecular formula is C16H23NOS. The Morgan fingerprint density at radius 1 is 1.37 bits per heavy atom. The van der Waals surface area contributed by atoms with Crippen LogP contribution in [0, 0.1) is 6.92 Å². The zero-order chi connectivity index (χ0) is 14.3. The van der Waals surface area contributed by atoms with Crippen LogP contribution >= 0.6 is 11.8 Å². The van der Waals surface area contributed by atoms with E-state index in [0.29, 0.717) is 12.3 Å². The SMILES string of the molecule is C=C(C)CN(CC)C(=O)CSCc1ccccc1C. The lowest BCUT2D eigenvalue weighted by Crippen LogP contribution is -2.33. The van der Waals surface area contributed by atoms with Crippen LogP contribution in [-0.2, 0) is 10.5 Å². The van der Waals surface area contributed by atoms with Crippen molar-refractivity contribution in [2.75, 3.05) is 18.8 Å². The van der Waals surface area contributed by atoms with E-state index in [-0.39, 0.29) is 5.91 Å². The number of thioether (sulfide) groups is 1. The van der Waals surface area contributed by atoms with Crippen LogP contribution in [0.3, 0.4) is 0 Å². The topological polar surface area (TPSA) is 20.3 Å². The van der Waals surface area contributed by atoms with Gasteiger partial charge in [-0.1, -0.05) is 36.4 Å². The first kappa shape index (κ1) is 15.8. The van der Waals surface area contributed by atoms with Crippen molar-refractivity contribution < 1.29 is 4.79 Å². The van der Waals surface area contributed by atoms with E-state index in [1.54, 1.807) is 11.8 Å². The normalized spacial score (nSPS) is 10.3. The third kappa shape index (κ3) is 5.52. The third-order valence-electron chi connectivity index (χ3n) is 2.94. The highest BCUT2D eigenvalue weighted by molar-refractivity contribution is 7.99. The third-order valence-corrected chi connectivity index (χ3v) is 3.91. The number of amides is 1. The molecule has 0 N–H and O–H groups in total. The molecule has 0 bridgehead atoms. The quantitative estimate of drug-likeness (QED) is 0.709. The molecule has 104 valence electrons. The molecule has 1 aromatic rings. The highest BCUT2D eigenvalue weighted by Crippen LogP contribution is 2.16. The fourth-order valence-corrected chi connectivity index (χ4v) is 2.82. The summed E-state index contributed by atoms with van der Waals surface area (Å²) in [5.41, 5.74) is 3.62. The zero-order valence-corrected chi connectivity index (χ0v) is 12.9. The molecule has 0 aliphatic heterocycles. The predicted molar refractivity (Wildman–Crippen MR) is 84.4 cm³/mol. The lowest BCUT2D eigenvalue weighted by atomic mass is 10.1. The molecular weight excluding hydrogens is 254 g/mol. The molecule has 0 atom stereocenters. The number of benzene rings is 1. The smallest absolute Gasteiger partial charge is 0.232 e. The summed E-state index contributed by atoms with van der Waals surface area (Å²) in [6.07, 6.45) is 0. The Bertz CT molecular complexity index is 442. The molecule has 19 heavy (non-hydrogen) atoms. The van der Waals surface area contributed by atoms with Crippen molar-refractivity contribution in [3.63, 3.8) is 0 Å². The van der Waals surface area contributed by atoms with E-state index in [9.17, 15) is 4.79 Å². The molecule has 0 saturated carbocycles. The number of rotatable bonds is 7. The summed E-state index contributed by atoms with van der Waals surface area (Å²) in [4.78, 5) is 13.9. The number of hydrogen-bond donors (Lipinski definition) is 0. The summed E-state index contributed by atoms with van der Waals surface area (Å²) in [5, 5.41) is 0. The van der Waals surface area contributed by atoms with E-state index in [4.69, 9.17) is 0 Å². The first-order chi connectivity index (χ1) is 9.04. The van der Waals surface area contributed by atoms with Gasteiger partial charge in [0.15, 0.2) is 0 Å². The number of likely N-dealkylation sites (N-methyl/N-ethyl adjacent to an activating group) is 1. The highest BCUT2D eigenvalue weighted by atomic mass is 32.2. The van der Waals surface area contributed by atoms with Crippen molar-refractivity contribution in [2.24, 2.45) is 0 Å². The lowest BCUT2D eigenvalue weighted by Gasteiger charge is -2.20. The van der Waals surface area contributed by atoms with Crippen molar-refractivity contribution in [2.45, 2.75) is 26.5 Å². The maximum Gasteiger partial charge on any atom is 0.232 e. The van der Waals surface area contributed by atoms with Crippen LogP contribution in [0.5, 0.6) is 0 Å². The van der Waals surface area contributed by atoms with Crippen molar-refractivity contribution in [3.8, 4) is 0 Å². The maximum absolute atomic E-state index is 12.0. The summed E-state index contributed by atoms with van der Waals surface area (Å²) in [5.74, 6) is 1.63. The Hall–Kier alpha value is -1.22. The maximum atomic E-state index is 12.0. The molecule has 0 saturated heterocycles. The molecule has 0 unspecified atom stereocenters. The van der Waals surface area contributed by atoms with Crippen LogP contribution in [-0.4, -0.2) is 29.6 Å². The van der Waals surface area contributed by atoms with E-state index < -0.39 is 0 Å². The van der Waals surface area contributed by atoms with Crippen LogP contribution in [0.4, 0.5) is 0 Å². The van der Waals surface area contributed by atoms with Crippen LogP contribution in [0.15, 0.2) is 36.4 Å². The Balaban J connectivity index is 2.42. The molecule has 3 heteroatoms. The van der Waals surface area contributed by atoms with Crippen LogP contribution < -0.4 is 0 Å². The molecule has 0 spiro atoms. The van der Waals surface area contributed by atoms with Crippen molar-refractivity contribution in [3.05, 3.63) is 47.5 Å². The Kier molecular flexibility index (Phi) is 6.71. The zero-order valence-electron chi connectivity index (χ0n) is 12.1. The fraction of sp³-hybridized carbons (Fsp3) is 0.438. The number of carbonyl (C=O) groups excluding carboxylic acids is 1. The molecule has 1 amide bonds. The largest absolute Gasteiger partial charge is 0.338 e. The molecule has 1 rings (SSSR count). The van der Waals surface area contributed by atoms with Gasteiger partial charge in [0.1, 0.15) is 0 Å². The minimum atomic E-state index is 0.198. The minimum absolute atomic E-state index is 0.198. The van der Waals surface area contributed by atoms with Gasteiger partial charge < -0.3 is 4.90 Å². The van der Waals surface area contributed by atoms with E-state index in [0.717, 1.165) is 17.9 Å². The van der Waals surface area contributed by atoms with Gasteiger partial charge in [0.25, 0.3) is 0 Å². The van der Waals surface area contributed by atoms with E-state index >= 15 is 0 Å². The fourth-order valence-electron chi connectivity index (χ4n) is 1.81. The van der Waals surface area contributed by atoms with Crippen LogP contribution in [0.2, 0.25) is 0 Å². The summed E-state index contributed by atoms with van der Waals surface area (Å²) in [6, 6.07) is 8.32. The molecule has 0 heterocycles. The van der Waals surface area contributed by atoms with Gasteiger partial charge in [-0.2, -0.15) is 0 Å². The lowest BCUT2D eigenvalue weighted by molar-refractivity contribution is -0.127. The van der Waals surface area contributed by atoms with Crippen molar-refractivity contribution >= 4 is 17.7 Å². The second kappa shape index (κ2) is 8.05. The van der Waals surface area contributed by atoms with Gasteiger partial charge in [0, 0.05) is 18.8 Å². The number of hydrogen-bond acceptors (Lipinski definition) is 2. The Morgan fingerprint density at radius 3 is 2.63 bits per heavy atom. The van der Waals surface area contributed by atoms with E-state index in [1.807, 2.05) is 30.9 Å². The highest BCUT2D eigenvalue weighted by Gasteiger charge is 2.11. The Labute approximate surface area is 120 Å².